The highest BCUT2D eigenvalue weighted by molar-refractivity contribution is 5.85. The Hall–Kier alpha value is -1.88. The standard InChI is InChI=1S/C19H28N2O3/c1-2-21(15-16-9-5-3-6-10-16)18(23)14-20-17(22)13-19(24)11-7-4-8-12-19/h3,5-6,9-10,24H,2,4,7-8,11-15H2,1H3,(H,20,22). The molecule has 1 aliphatic rings. The van der Waals surface area contributed by atoms with Gasteiger partial charge in [0.25, 0.3) is 0 Å². The fourth-order valence-corrected chi connectivity index (χ4v) is 3.21. The number of likely N-dealkylation sites (N-methyl/N-ethyl adjacent to an activating group) is 1. The summed E-state index contributed by atoms with van der Waals surface area (Å²) in [5.41, 5.74) is 0.176. The number of rotatable bonds is 7. The van der Waals surface area contributed by atoms with E-state index < -0.39 is 5.60 Å². The molecule has 0 radical (unpaired) electrons. The van der Waals surface area contributed by atoms with Crippen molar-refractivity contribution in [3.63, 3.8) is 0 Å². The molecule has 0 unspecified atom stereocenters. The molecule has 1 aromatic rings. The quantitative estimate of drug-likeness (QED) is 0.804. The Kier molecular flexibility index (Phi) is 6.79. The van der Waals surface area contributed by atoms with Gasteiger partial charge in [0.2, 0.25) is 11.8 Å². The zero-order valence-corrected chi connectivity index (χ0v) is 14.5. The lowest BCUT2D eigenvalue weighted by Gasteiger charge is -2.31. The predicted molar refractivity (Wildman–Crippen MR) is 93.2 cm³/mol. The van der Waals surface area contributed by atoms with Crippen LogP contribution < -0.4 is 5.32 Å². The SMILES string of the molecule is CCN(Cc1ccccc1)C(=O)CNC(=O)CC1(O)CCCCC1. The lowest BCUT2D eigenvalue weighted by atomic mass is 9.82. The fraction of sp³-hybridized carbons (Fsp3) is 0.579. The van der Waals surface area contributed by atoms with Crippen LogP contribution in [0.25, 0.3) is 0 Å². The van der Waals surface area contributed by atoms with Crippen molar-refractivity contribution in [2.75, 3.05) is 13.1 Å². The highest BCUT2D eigenvalue weighted by Gasteiger charge is 2.31. The van der Waals surface area contributed by atoms with Crippen molar-refractivity contribution in [2.45, 2.75) is 57.6 Å². The Morgan fingerprint density at radius 1 is 1.17 bits per heavy atom. The van der Waals surface area contributed by atoms with Gasteiger partial charge in [-0.1, -0.05) is 49.6 Å². The lowest BCUT2D eigenvalue weighted by Crippen LogP contribution is -2.43. The molecule has 1 aromatic carbocycles. The van der Waals surface area contributed by atoms with E-state index in [0.717, 1.165) is 24.8 Å². The van der Waals surface area contributed by atoms with E-state index in [0.29, 0.717) is 25.9 Å². The second-order valence-corrected chi connectivity index (χ2v) is 6.63. The number of nitrogens with one attached hydrogen (secondary N) is 1. The maximum Gasteiger partial charge on any atom is 0.242 e. The van der Waals surface area contributed by atoms with Gasteiger partial charge in [-0.2, -0.15) is 0 Å². The second kappa shape index (κ2) is 8.83. The summed E-state index contributed by atoms with van der Waals surface area (Å²) in [5.74, 6) is -0.353. The number of nitrogens with zero attached hydrogens (tertiary/aromatic N) is 1. The van der Waals surface area contributed by atoms with Crippen molar-refractivity contribution in [1.82, 2.24) is 10.2 Å². The molecule has 2 amide bonds. The molecule has 2 rings (SSSR count). The first kappa shape index (κ1) is 18.5. The normalized spacial score (nSPS) is 16.4. The minimum atomic E-state index is -0.889. The Bertz CT molecular complexity index is 539. The van der Waals surface area contributed by atoms with Crippen LogP contribution in [-0.2, 0) is 16.1 Å². The molecule has 5 nitrogen and oxygen atoms in total. The molecule has 0 aromatic heterocycles. The number of amides is 2. The highest BCUT2D eigenvalue weighted by Crippen LogP contribution is 2.30. The minimum absolute atomic E-state index is 0.0183. The van der Waals surface area contributed by atoms with Gasteiger partial charge in [0.1, 0.15) is 0 Å². The third-order valence-electron chi connectivity index (χ3n) is 4.66. The average molecular weight is 332 g/mol. The first-order valence-corrected chi connectivity index (χ1v) is 8.83. The van der Waals surface area contributed by atoms with Gasteiger partial charge in [-0.3, -0.25) is 9.59 Å². The van der Waals surface area contributed by atoms with E-state index in [2.05, 4.69) is 5.32 Å². The third kappa shape index (κ3) is 5.64. The van der Waals surface area contributed by atoms with Crippen molar-refractivity contribution in [1.29, 1.82) is 0 Å². The van der Waals surface area contributed by atoms with E-state index in [1.54, 1.807) is 4.90 Å². The van der Waals surface area contributed by atoms with Crippen LogP contribution >= 0.6 is 0 Å². The van der Waals surface area contributed by atoms with E-state index in [1.807, 2.05) is 37.3 Å². The van der Waals surface area contributed by atoms with Crippen LogP contribution in [0.15, 0.2) is 30.3 Å². The van der Waals surface area contributed by atoms with Crippen LogP contribution in [0, 0.1) is 0 Å². The molecule has 1 aliphatic carbocycles. The number of benzene rings is 1. The fourth-order valence-electron chi connectivity index (χ4n) is 3.21. The summed E-state index contributed by atoms with van der Waals surface area (Å²) in [6.07, 6.45) is 4.47. The summed E-state index contributed by atoms with van der Waals surface area (Å²) >= 11 is 0. The van der Waals surface area contributed by atoms with Gasteiger partial charge in [0, 0.05) is 13.1 Å². The molecule has 0 spiro atoms. The summed E-state index contributed by atoms with van der Waals surface area (Å²) in [6.45, 7) is 3.03. The Morgan fingerprint density at radius 3 is 2.46 bits per heavy atom. The summed E-state index contributed by atoms with van der Waals surface area (Å²) in [7, 11) is 0. The van der Waals surface area contributed by atoms with E-state index in [4.69, 9.17) is 0 Å². The molecule has 1 fully saturated rings. The van der Waals surface area contributed by atoms with Crippen molar-refractivity contribution >= 4 is 11.8 Å². The number of carbonyl (C=O) groups excluding carboxylic acids is 2. The van der Waals surface area contributed by atoms with E-state index >= 15 is 0 Å². The molecule has 0 aliphatic heterocycles. The van der Waals surface area contributed by atoms with Gasteiger partial charge < -0.3 is 15.3 Å². The second-order valence-electron chi connectivity index (χ2n) is 6.63. The molecule has 1 saturated carbocycles. The number of aliphatic hydroxyl groups is 1. The van der Waals surface area contributed by atoms with Crippen LogP contribution in [0.4, 0.5) is 0 Å². The summed E-state index contributed by atoms with van der Waals surface area (Å²) in [6, 6.07) is 9.79. The highest BCUT2D eigenvalue weighted by atomic mass is 16.3. The summed E-state index contributed by atoms with van der Waals surface area (Å²) in [5, 5.41) is 13.1. The molecular weight excluding hydrogens is 304 g/mol. The first-order valence-electron chi connectivity index (χ1n) is 8.83. The first-order chi connectivity index (χ1) is 11.5. The van der Waals surface area contributed by atoms with Crippen LogP contribution in [0.1, 0.15) is 51.0 Å². The van der Waals surface area contributed by atoms with E-state index in [1.165, 1.54) is 0 Å². The molecule has 5 heteroatoms. The van der Waals surface area contributed by atoms with Crippen LogP contribution in [0.2, 0.25) is 0 Å². The van der Waals surface area contributed by atoms with Gasteiger partial charge >= 0.3 is 0 Å². The summed E-state index contributed by atoms with van der Waals surface area (Å²) < 4.78 is 0. The van der Waals surface area contributed by atoms with E-state index in [9.17, 15) is 14.7 Å². The van der Waals surface area contributed by atoms with Gasteiger partial charge in [-0.15, -0.1) is 0 Å². The molecular formula is C19H28N2O3. The zero-order valence-electron chi connectivity index (χ0n) is 14.5. The van der Waals surface area contributed by atoms with Crippen LogP contribution in [0.5, 0.6) is 0 Å². The minimum Gasteiger partial charge on any atom is -0.389 e. The van der Waals surface area contributed by atoms with Crippen LogP contribution in [0.3, 0.4) is 0 Å². The summed E-state index contributed by atoms with van der Waals surface area (Å²) in [4.78, 5) is 26.1. The number of hydrogen-bond acceptors (Lipinski definition) is 3. The Balaban J connectivity index is 1.79. The molecule has 0 bridgehead atoms. The van der Waals surface area contributed by atoms with Gasteiger partial charge in [-0.25, -0.2) is 0 Å². The van der Waals surface area contributed by atoms with E-state index in [-0.39, 0.29) is 24.8 Å². The monoisotopic (exact) mass is 332 g/mol. The molecule has 132 valence electrons. The molecule has 0 saturated heterocycles. The lowest BCUT2D eigenvalue weighted by molar-refractivity contribution is -0.135. The van der Waals surface area contributed by atoms with Crippen molar-refractivity contribution < 1.29 is 14.7 Å². The predicted octanol–water partition coefficient (Wildman–Crippen LogP) is 2.24. The van der Waals surface area contributed by atoms with Crippen molar-refractivity contribution in [2.24, 2.45) is 0 Å². The van der Waals surface area contributed by atoms with Gasteiger partial charge in [0.15, 0.2) is 0 Å². The van der Waals surface area contributed by atoms with Crippen molar-refractivity contribution in [3.8, 4) is 0 Å². The molecule has 24 heavy (non-hydrogen) atoms. The van der Waals surface area contributed by atoms with Gasteiger partial charge in [0.05, 0.1) is 18.6 Å². The maximum atomic E-state index is 12.3. The average Bonchev–Trinajstić information content (AvgIpc) is 2.58. The molecule has 0 heterocycles. The van der Waals surface area contributed by atoms with Gasteiger partial charge in [-0.05, 0) is 25.3 Å². The smallest absolute Gasteiger partial charge is 0.242 e. The largest absolute Gasteiger partial charge is 0.389 e. The topological polar surface area (TPSA) is 69.6 Å². The number of carbonyl (C=O) groups is 2. The Morgan fingerprint density at radius 2 is 1.83 bits per heavy atom. The maximum absolute atomic E-state index is 12.3. The van der Waals surface area contributed by atoms with Crippen LogP contribution in [-0.4, -0.2) is 40.5 Å². The Labute approximate surface area is 144 Å². The molecule has 2 N–H and O–H groups in total. The number of hydrogen-bond donors (Lipinski definition) is 2. The third-order valence-corrected chi connectivity index (χ3v) is 4.66. The van der Waals surface area contributed by atoms with Crippen molar-refractivity contribution in [3.05, 3.63) is 35.9 Å². The zero-order chi connectivity index (χ0) is 17.4. The molecule has 0 atom stereocenters.